The van der Waals surface area contributed by atoms with Crippen LogP contribution in [0.4, 0.5) is 22.0 Å². The Morgan fingerprint density at radius 2 is 1.74 bits per heavy atom. The summed E-state index contributed by atoms with van der Waals surface area (Å²) in [5.41, 5.74) is 8.25. The van der Waals surface area contributed by atoms with Gasteiger partial charge in [-0.25, -0.2) is 14.8 Å². The highest BCUT2D eigenvalue weighted by Crippen LogP contribution is 2.29. The van der Waals surface area contributed by atoms with Crippen LogP contribution in [0.3, 0.4) is 0 Å². The second-order valence-electron chi connectivity index (χ2n) is 14.5. The number of anilines is 2. The first-order valence-corrected chi connectivity index (χ1v) is 18.5. The molecule has 0 bridgehead atoms. The first-order valence-electron chi connectivity index (χ1n) is 18.5. The monoisotopic (exact) mass is 730 g/mol. The van der Waals surface area contributed by atoms with E-state index in [-0.39, 0.29) is 41.7 Å². The molecule has 1 saturated heterocycles. The lowest BCUT2D eigenvalue weighted by atomic mass is 9.96. The highest BCUT2D eigenvalue weighted by molar-refractivity contribution is 6.08. The number of amidine groups is 1. The molecule has 5 N–H and O–H groups in total. The molecule has 0 saturated carbocycles. The molecule has 0 unspecified atom stereocenters. The first-order chi connectivity index (χ1) is 25.2. The molecule has 0 atom stereocenters. The summed E-state index contributed by atoms with van der Waals surface area (Å²) in [4.78, 5) is 75.5. The number of amides is 4. The van der Waals surface area contributed by atoms with Gasteiger partial charge in [0.15, 0.2) is 0 Å². The van der Waals surface area contributed by atoms with Crippen molar-refractivity contribution >= 4 is 58.7 Å². The van der Waals surface area contributed by atoms with Gasteiger partial charge in [-0.3, -0.25) is 14.4 Å². The molecule has 4 amide bonds. The zero-order valence-electron chi connectivity index (χ0n) is 31.6. The number of carbonyl (C=O) groups is 5. The molecule has 0 aliphatic carbocycles. The molecule has 4 rings (SSSR count). The first kappa shape index (κ1) is 40.5. The summed E-state index contributed by atoms with van der Waals surface area (Å²) in [5.74, 6) is 0.631. The van der Waals surface area contributed by atoms with Gasteiger partial charge in [-0.05, 0) is 90.1 Å². The van der Waals surface area contributed by atoms with Crippen LogP contribution in [0.25, 0.3) is 6.08 Å². The summed E-state index contributed by atoms with van der Waals surface area (Å²) >= 11 is 0. The molecular formula is C39H54N8O6. The maximum absolute atomic E-state index is 13.7. The number of benzene rings is 1. The molecule has 286 valence electrons. The van der Waals surface area contributed by atoms with E-state index in [1.54, 1.807) is 69.1 Å². The number of ketones is 1. The molecule has 0 spiro atoms. The number of nitrogens with two attached hydrogens (primary N) is 1. The standard InChI is InChI=1S/C39H54N8O6/c1-6-18-47(19-8-17-42-38(52)53-39(3,4)5)37(51)30-22-28-10-11-29(23-32(28)45-33(40)24-30)36(50)44-31-12-13-34(43-25-31)46-20-14-27(15-21-46)35(49)41-16-7-9-26(2)48/h10-13,22-23,25,27H,6-9,14-21,24H2,1-5H3,(H2,40,45)(H,41,49)(H,42,52)(H,44,50). The molecule has 3 heterocycles. The van der Waals surface area contributed by atoms with E-state index >= 15 is 0 Å². The van der Waals surface area contributed by atoms with Crippen LogP contribution in [0, 0.1) is 5.92 Å². The molecule has 53 heavy (non-hydrogen) atoms. The fraction of sp³-hybridized carbons (Fsp3) is 0.513. The number of nitrogens with zero attached hydrogens (tertiary/aromatic N) is 4. The molecular weight excluding hydrogens is 676 g/mol. The van der Waals surface area contributed by atoms with Crippen molar-refractivity contribution in [3.05, 3.63) is 53.2 Å². The van der Waals surface area contributed by atoms with Crippen molar-refractivity contribution in [1.82, 2.24) is 20.5 Å². The van der Waals surface area contributed by atoms with E-state index in [2.05, 4.69) is 30.8 Å². The Hall–Kier alpha value is -5.27. The number of Topliss-reactive ketones (excluding diaryl/α,β-unsaturated/α-hetero) is 1. The highest BCUT2D eigenvalue weighted by Gasteiger charge is 2.26. The number of hydrogen-bond acceptors (Lipinski definition) is 10. The van der Waals surface area contributed by atoms with Crippen LogP contribution in [0.1, 0.15) is 95.5 Å². The van der Waals surface area contributed by atoms with E-state index < -0.39 is 11.7 Å². The van der Waals surface area contributed by atoms with Crippen molar-refractivity contribution in [3.8, 4) is 0 Å². The molecule has 1 fully saturated rings. The van der Waals surface area contributed by atoms with Crippen LogP contribution in [0.2, 0.25) is 0 Å². The van der Waals surface area contributed by atoms with E-state index in [4.69, 9.17) is 10.5 Å². The van der Waals surface area contributed by atoms with Crippen LogP contribution >= 0.6 is 0 Å². The van der Waals surface area contributed by atoms with Crippen molar-refractivity contribution < 1.29 is 28.7 Å². The quantitative estimate of drug-likeness (QED) is 0.184. The van der Waals surface area contributed by atoms with Crippen LogP contribution in [-0.4, -0.2) is 90.2 Å². The van der Waals surface area contributed by atoms with E-state index in [0.717, 1.165) is 12.2 Å². The minimum atomic E-state index is -0.588. The van der Waals surface area contributed by atoms with Gasteiger partial charge in [0.2, 0.25) is 11.8 Å². The zero-order valence-corrected chi connectivity index (χ0v) is 31.6. The van der Waals surface area contributed by atoms with Crippen LogP contribution in [0.5, 0.6) is 0 Å². The van der Waals surface area contributed by atoms with Crippen LogP contribution in [0.15, 0.2) is 47.1 Å². The predicted octanol–water partition coefficient (Wildman–Crippen LogP) is 4.96. The summed E-state index contributed by atoms with van der Waals surface area (Å²) in [7, 11) is 0. The molecule has 14 nitrogen and oxygen atoms in total. The van der Waals surface area contributed by atoms with E-state index in [9.17, 15) is 24.0 Å². The number of carbonyl (C=O) groups excluding carboxylic acids is 5. The molecule has 1 aromatic carbocycles. The number of aliphatic imine (C=N–C) groups is 1. The van der Waals surface area contributed by atoms with Crippen molar-refractivity contribution in [3.63, 3.8) is 0 Å². The van der Waals surface area contributed by atoms with Crippen molar-refractivity contribution in [2.75, 3.05) is 49.5 Å². The van der Waals surface area contributed by atoms with Gasteiger partial charge in [0.25, 0.3) is 5.91 Å². The topological polar surface area (TPSA) is 188 Å². The number of fused-ring (bicyclic) bond motifs is 1. The molecule has 0 radical (unpaired) electrons. The summed E-state index contributed by atoms with van der Waals surface area (Å²) in [5, 5.41) is 8.57. The average Bonchev–Trinajstić information content (AvgIpc) is 3.28. The average molecular weight is 731 g/mol. The zero-order chi connectivity index (χ0) is 38.5. The number of nitrogens with one attached hydrogen (secondary N) is 3. The Bertz CT molecular complexity index is 1690. The fourth-order valence-electron chi connectivity index (χ4n) is 6.15. The molecule has 2 aliphatic heterocycles. The summed E-state index contributed by atoms with van der Waals surface area (Å²) in [6, 6.07) is 8.73. The third kappa shape index (κ3) is 12.7. The molecule has 14 heteroatoms. The Kier molecular flexibility index (Phi) is 14.5. The van der Waals surface area contributed by atoms with Gasteiger partial charge in [0, 0.05) is 74.7 Å². The van der Waals surface area contributed by atoms with Gasteiger partial charge in [-0.2, -0.15) is 0 Å². The van der Waals surface area contributed by atoms with Crippen LogP contribution < -0.4 is 26.6 Å². The SMILES string of the molecule is CCCN(CCCNC(=O)OC(C)(C)C)C(=O)C1=Cc2ccc(C(=O)Nc3ccc(N4CCC(C(=O)NCCCC(C)=O)CC4)nc3)cc2N=C(N)C1. The lowest BCUT2D eigenvalue weighted by Gasteiger charge is -2.32. The maximum Gasteiger partial charge on any atom is 0.407 e. The van der Waals surface area contributed by atoms with E-state index in [1.807, 2.05) is 13.0 Å². The van der Waals surface area contributed by atoms with Gasteiger partial charge in [0.05, 0.1) is 17.6 Å². The van der Waals surface area contributed by atoms with Gasteiger partial charge < -0.3 is 41.0 Å². The van der Waals surface area contributed by atoms with Crippen molar-refractivity contribution in [1.29, 1.82) is 0 Å². The number of ether oxygens (including phenoxy) is 1. The molecule has 2 aromatic rings. The molecule has 1 aromatic heterocycles. The predicted molar refractivity (Wildman–Crippen MR) is 206 cm³/mol. The van der Waals surface area contributed by atoms with Gasteiger partial charge in [-0.1, -0.05) is 13.0 Å². The Labute approximate surface area is 312 Å². The summed E-state index contributed by atoms with van der Waals surface area (Å²) < 4.78 is 5.28. The normalized spacial score (nSPS) is 14.5. The number of hydrogen-bond donors (Lipinski definition) is 4. The van der Waals surface area contributed by atoms with Crippen molar-refractivity contribution in [2.45, 2.75) is 85.2 Å². The number of aromatic nitrogens is 1. The number of rotatable bonds is 15. The third-order valence-corrected chi connectivity index (χ3v) is 8.79. The Morgan fingerprint density at radius 1 is 1.00 bits per heavy atom. The fourth-order valence-corrected chi connectivity index (χ4v) is 6.15. The Morgan fingerprint density at radius 3 is 2.40 bits per heavy atom. The summed E-state index contributed by atoms with van der Waals surface area (Å²) in [6.45, 7) is 12.2. The third-order valence-electron chi connectivity index (χ3n) is 8.79. The second kappa shape index (κ2) is 19.0. The van der Waals surface area contributed by atoms with Gasteiger partial charge >= 0.3 is 6.09 Å². The summed E-state index contributed by atoms with van der Waals surface area (Å²) in [6.07, 6.45) is 6.92. The molecule has 2 aliphatic rings. The number of pyridine rings is 1. The highest BCUT2D eigenvalue weighted by atomic mass is 16.6. The minimum absolute atomic E-state index is 0.0344. The largest absolute Gasteiger partial charge is 0.444 e. The van der Waals surface area contributed by atoms with Crippen LogP contribution in [-0.2, 0) is 19.1 Å². The van der Waals surface area contributed by atoms with E-state index in [1.165, 1.54) is 0 Å². The maximum atomic E-state index is 13.7. The minimum Gasteiger partial charge on any atom is -0.444 e. The lowest BCUT2D eigenvalue weighted by Crippen LogP contribution is -2.41. The van der Waals surface area contributed by atoms with Crippen molar-refractivity contribution in [2.24, 2.45) is 16.6 Å². The van der Waals surface area contributed by atoms with Gasteiger partial charge in [0.1, 0.15) is 23.0 Å². The van der Waals surface area contributed by atoms with E-state index in [0.29, 0.717) is 99.4 Å². The van der Waals surface area contributed by atoms with Gasteiger partial charge in [-0.15, -0.1) is 0 Å². The number of alkyl carbamates (subject to hydrolysis) is 1. The number of piperidine rings is 1. The smallest absolute Gasteiger partial charge is 0.407 e. The second-order valence-corrected chi connectivity index (χ2v) is 14.5. The Balaban J connectivity index is 1.32. The lowest BCUT2D eigenvalue weighted by molar-refractivity contribution is -0.127.